The highest BCUT2D eigenvalue weighted by Crippen LogP contribution is 2.48. The van der Waals surface area contributed by atoms with E-state index in [0.717, 1.165) is 38.8 Å². The van der Waals surface area contributed by atoms with Crippen molar-refractivity contribution >= 4 is 21.5 Å². The van der Waals surface area contributed by atoms with Crippen LogP contribution in [0.15, 0.2) is 48.9 Å². The van der Waals surface area contributed by atoms with E-state index in [2.05, 4.69) is 64.9 Å². The number of benzene rings is 2. The van der Waals surface area contributed by atoms with E-state index in [4.69, 9.17) is 11.3 Å². The zero-order chi connectivity index (χ0) is 20.3. The zero-order valence-electron chi connectivity index (χ0n) is 17.1. The number of pyridine rings is 2. The molecule has 0 amide bonds. The maximum Gasteiger partial charge on any atom is 0.231 e. The SMILES string of the molecule is [C-]#[N+]C(C)(C)Cc1cc2c3c([n+](C)ccc3c1)-c1c(cc3cnccc3c1C)O2. The molecule has 0 aliphatic carbocycles. The normalized spacial score (nSPS) is 12.5. The number of nitrogens with zero attached hydrogens (tertiary/aromatic N) is 3. The van der Waals surface area contributed by atoms with Crippen molar-refractivity contribution in [2.24, 2.45) is 7.05 Å². The minimum Gasteiger partial charge on any atom is -0.456 e. The molecule has 0 saturated heterocycles. The van der Waals surface area contributed by atoms with Gasteiger partial charge in [0.15, 0.2) is 6.20 Å². The Morgan fingerprint density at radius 1 is 1.14 bits per heavy atom. The molecule has 0 radical (unpaired) electrons. The molecule has 1 aliphatic rings. The number of rotatable bonds is 2. The molecule has 4 heteroatoms. The molecular weight excluding hydrogens is 358 g/mol. The fourth-order valence-corrected chi connectivity index (χ4v) is 4.44. The molecule has 0 N–H and O–H groups in total. The first-order valence-corrected chi connectivity index (χ1v) is 9.77. The summed E-state index contributed by atoms with van der Waals surface area (Å²) in [7, 11) is 2.08. The van der Waals surface area contributed by atoms with Crippen LogP contribution in [-0.2, 0) is 13.5 Å². The molecule has 1 aliphatic heterocycles. The van der Waals surface area contributed by atoms with Crippen LogP contribution in [0.1, 0.15) is 25.0 Å². The predicted octanol–water partition coefficient (Wildman–Crippen LogP) is 5.53. The molecular formula is C25H22N3O+. The van der Waals surface area contributed by atoms with E-state index in [1.54, 1.807) is 0 Å². The lowest BCUT2D eigenvalue weighted by Crippen LogP contribution is -2.32. The first-order valence-electron chi connectivity index (χ1n) is 9.77. The van der Waals surface area contributed by atoms with Gasteiger partial charge >= 0.3 is 0 Å². The van der Waals surface area contributed by atoms with Crippen LogP contribution in [0.5, 0.6) is 11.5 Å². The lowest BCUT2D eigenvalue weighted by atomic mass is 9.90. The van der Waals surface area contributed by atoms with Crippen molar-refractivity contribution in [3.05, 3.63) is 71.5 Å². The second-order valence-corrected chi connectivity index (χ2v) is 8.51. The van der Waals surface area contributed by atoms with Gasteiger partial charge in [-0.05, 0) is 47.0 Å². The van der Waals surface area contributed by atoms with E-state index in [1.807, 2.05) is 26.2 Å². The van der Waals surface area contributed by atoms with Gasteiger partial charge in [-0.3, -0.25) is 4.98 Å². The minimum absolute atomic E-state index is 0.437. The van der Waals surface area contributed by atoms with Crippen LogP contribution in [0.2, 0.25) is 0 Å². The van der Waals surface area contributed by atoms with E-state index in [1.165, 1.54) is 16.6 Å². The third-order valence-electron chi connectivity index (χ3n) is 5.82. The van der Waals surface area contributed by atoms with Crippen molar-refractivity contribution < 1.29 is 9.30 Å². The van der Waals surface area contributed by atoms with Crippen LogP contribution in [-0.4, -0.2) is 10.5 Å². The largest absolute Gasteiger partial charge is 0.456 e. The number of hydrogen-bond donors (Lipinski definition) is 0. The number of aromatic nitrogens is 2. The standard InChI is InChI=1S/C25H22N3O/c1-15-19-6-8-27-14-18(19)12-21-22(15)24-23-17(7-9-28(24)5)10-16(11-20(23)29-21)13-25(2,3)26-4/h6-12,14H,13H2,1-3,5H3/q+1. The maximum absolute atomic E-state index is 7.47. The molecule has 29 heavy (non-hydrogen) atoms. The Morgan fingerprint density at radius 2 is 1.97 bits per heavy atom. The number of ether oxygens (including phenoxy) is 1. The smallest absolute Gasteiger partial charge is 0.231 e. The van der Waals surface area contributed by atoms with Crippen LogP contribution >= 0.6 is 0 Å². The van der Waals surface area contributed by atoms with E-state index in [-0.39, 0.29) is 0 Å². The van der Waals surface area contributed by atoms with E-state index >= 15 is 0 Å². The molecule has 2 aromatic heterocycles. The zero-order valence-corrected chi connectivity index (χ0v) is 17.1. The van der Waals surface area contributed by atoms with Crippen molar-refractivity contribution in [1.29, 1.82) is 0 Å². The molecule has 0 fully saturated rings. The summed E-state index contributed by atoms with van der Waals surface area (Å²) in [5, 5.41) is 4.54. The lowest BCUT2D eigenvalue weighted by Gasteiger charge is -2.23. The monoisotopic (exact) mass is 380 g/mol. The topological polar surface area (TPSA) is 30.4 Å². The van der Waals surface area contributed by atoms with Gasteiger partial charge in [-0.25, -0.2) is 11.1 Å². The Balaban J connectivity index is 1.83. The van der Waals surface area contributed by atoms with Gasteiger partial charge in [0.1, 0.15) is 18.5 Å². The van der Waals surface area contributed by atoms with Crippen LogP contribution in [0, 0.1) is 13.5 Å². The molecule has 4 nitrogen and oxygen atoms in total. The van der Waals surface area contributed by atoms with Crippen LogP contribution in [0.25, 0.3) is 37.6 Å². The Morgan fingerprint density at radius 3 is 2.76 bits per heavy atom. The summed E-state index contributed by atoms with van der Waals surface area (Å²) in [6.07, 6.45) is 6.52. The molecule has 3 heterocycles. The van der Waals surface area contributed by atoms with Crippen molar-refractivity contribution in [3.63, 3.8) is 0 Å². The van der Waals surface area contributed by atoms with E-state index < -0.39 is 5.54 Å². The Kier molecular flexibility index (Phi) is 3.66. The van der Waals surface area contributed by atoms with Crippen molar-refractivity contribution in [2.45, 2.75) is 32.7 Å². The van der Waals surface area contributed by atoms with E-state index in [9.17, 15) is 0 Å². The lowest BCUT2D eigenvalue weighted by molar-refractivity contribution is -0.659. The predicted molar refractivity (Wildman–Crippen MR) is 115 cm³/mol. The highest BCUT2D eigenvalue weighted by molar-refractivity contribution is 6.05. The summed E-state index contributed by atoms with van der Waals surface area (Å²) in [4.78, 5) is 8.06. The van der Waals surface area contributed by atoms with Crippen LogP contribution in [0.3, 0.4) is 0 Å². The van der Waals surface area contributed by atoms with Gasteiger partial charge in [0.2, 0.25) is 11.2 Å². The second kappa shape index (κ2) is 6.02. The maximum atomic E-state index is 7.47. The van der Waals surface area contributed by atoms with Crippen LogP contribution in [0.4, 0.5) is 0 Å². The number of fused-ring (bicyclic) bond motifs is 3. The van der Waals surface area contributed by atoms with Crippen molar-refractivity contribution in [1.82, 2.24) is 4.98 Å². The number of hydrogen-bond acceptors (Lipinski definition) is 2. The third-order valence-corrected chi connectivity index (χ3v) is 5.82. The van der Waals surface area contributed by atoms with E-state index in [0.29, 0.717) is 6.42 Å². The summed E-state index contributed by atoms with van der Waals surface area (Å²) in [5.41, 5.74) is 4.19. The molecule has 0 bridgehead atoms. The highest BCUT2D eigenvalue weighted by atomic mass is 16.5. The molecule has 0 unspecified atom stereocenters. The molecule has 5 rings (SSSR count). The Labute approximate surface area is 170 Å². The molecule has 0 spiro atoms. The van der Waals surface area contributed by atoms with Crippen molar-refractivity contribution in [2.75, 3.05) is 0 Å². The highest BCUT2D eigenvalue weighted by Gasteiger charge is 2.31. The fraction of sp³-hybridized carbons (Fsp3) is 0.240. The second-order valence-electron chi connectivity index (χ2n) is 8.51. The third kappa shape index (κ3) is 2.66. The fourth-order valence-electron chi connectivity index (χ4n) is 4.44. The molecule has 142 valence electrons. The van der Waals surface area contributed by atoms with Gasteiger partial charge < -0.3 is 9.58 Å². The summed E-state index contributed by atoms with van der Waals surface area (Å²) in [6.45, 7) is 13.6. The first-order chi connectivity index (χ1) is 13.9. The summed E-state index contributed by atoms with van der Waals surface area (Å²) >= 11 is 0. The van der Waals surface area contributed by atoms with Gasteiger partial charge in [0.25, 0.3) is 0 Å². The Hall–Kier alpha value is -3.45. The van der Waals surface area contributed by atoms with Gasteiger partial charge in [0.05, 0.1) is 17.4 Å². The average Bonchev–Trinajstić information content (AvgIpc) is 2.69. The average molecular weight is 380 g/mol. The first kappa shape index (κ1) is 17.6. The number of aryl methyl sites for hydroxylation is 2. The Bertz CT molecular complexity index is 1360. The quantitative estimate of drug-likeness (QED) is 0.298. The molecule has 4 aromatic rings. The van der Waals surface area contributed by atoms with Gasteiger partial charge in [-0.2, -0.15) is 0 Å². The molecule has 0 saturated carbocycles. The summed E-state index contributed by atoms with van der Waals surface area (Å²) in [6, 6.07) is 10.6. The molecule has 0 atom stereocenters. The van der Waals surface area contributed by atoms with Gasteiger partial charge in [0, 0.05) is 37.7 Å². The van der Waals surface area contributed by atoms with Crippen molar-refractivity contribution in [3.8, 4) is 22.8 Å². The summed E-state index contributed by atoms with van der Waals surface area (Å²) < 4.78 is 8.64. The van der Waals surface area contributed by atoms with Gasteiger partial charge in [-0.15, -0.1) is 0 Å². The summed E-state index contributed by atoms with van der Waals surface area (Å²) in [5.74, 6) is 1.72. The van der Waals surface area contributed by atoms with Crippen LogP contribution < -0.4 is 9.30 Å². The van der Waals surface area contributed by atoms with Gasteiger partial charge in [-0.1, -0.05) is 6.07 Å². The minimum atomic E-state index is -0.437. The molecule has 2 aromatic carbocycles.